The van der Waals surface area contributed by atoms with Gasteiger partial charge >= 0.3 is 5.97 Å². The van der Waals surface area contributed by atoms with Gasteiger partial charge in [0.2, 0.25) is 0 Å². The number of carbonyl (C=O) groups is 3. The third-order valence-corrected chi connectivity index (χ3v) is 5.41. The lowest BCUT2D eigenvalue weighted by Gasteiger charge is -2.12. The van der Waals surface area contributed by atoms with Crippen molar-refractivity contribution in [3.63, 3.8) is 0 Å². The Morgan fingerprint density at radius 1 is 1.24 bits per heavy atom. The molecule has 0 fully saturated rings. The van der Waals surface area contributed by atoms with Crippen molar-refractivity contribution in [1.82, 2.24) is 4.90 Å². The number of furan rings is 1. The van der Waals surface area contributed by atoms with Crippen molar-refractivity contribution in [3.05, 3.63) is 39.7 Å². The van der Waals surface area contributed by atoms with Crippen LogP contribution < -0.4 is 10.2 Å². The fraction of sp³-hybridized carbons (Fsp3) is 0.450. The zero-order valence-electron chi connectivity index (χ0n) is 17.7. The van der Waals surface area contributed by atoms with Crippen LogP contribution in [0.1, 0.15) is 44.0 Å². The predicted octanol–water partition coefficient (Wildman–Crippen LogP) is 1.49. The van der Waals surface area contributed by atoms with Crippen LogP contribution in [-0.4, -0.2) is 57.0 Å². The van der Waals surface area contributed by atoms with E-state index in [2.05, 4.69) is 5.32 Å². The number of aryl methyl sites for hydroxylation is 1. The van der Waals surface area contributed by atoms with Gasteiger partial charge in [-0.2, -0.15) is 0 Å². The maximum atomic E-state index is 12.6. The lowest BCUT2D eigenvalue weighted by atomic mass is 10.1. The van der Waals surface area contributed by atoms with Crippen molar-refractivity contribution in [2.45, 2.75) is 27.3 Å². The summed E-state index contributed by atoms with van der Waals surface area (Å²) in [5.41, 5.74) is 0.740. The van der Waals surface area contributed by atoms with E-state index in [0.29, 0.717) is 22.0 Å². The Labute approximate surface area is 174 Å². The van der Waals surface area contributed by atoms with Gasteiger partial charge in [0.1, 0.15) is 17.3 Å². The van der Waals surface area contributed by atoms with Crippen LogP contribution in [0.25, 0.3) is 0 Å². The van der Waals surface area contributed by atoms with Crippen LogP contribution >= 0.6 is 11.3 Å². The first kappa shape index (κ1) is 22.6. The lowest BCUT2D eigenvalue weighted by molar-refractivity contribution is -0.886. The van der Waals surface area contributed by atoms with Gasteiger partial charge in [0, 0.05) is 14.1 Å². The van der Waals surface area contributed by atoms with Gasteiger partial charge in [-0.05, 0) is 38.5 Å². The highest BCUT2D eigenvalue weighted by Gasteiger charge is 2.27. The Kier molecular flexibility index (Phi) is 7.58. The van der Waals surface area contributed by atoms with Crippen LogP contribution in [0.3, 0.4) is 0 Å². The van der Waals surface area contributed by atoms with Crippen LogP contribution in [0, 0.1) is 13.8 Å². The molecule has 0 saturated heterocycles. The van der Waals surface area contributed by atoms with Gasteiger partial charge in [0.25, 0.3) is 11.8 Å². The zero-order valence-corrected chi connectivity index (χ0v) is 18.5. The van der Waals surface area contributed by atoms with E-state index < -0.39 is 5.97 Å². The first-order valence-corrected chi connectivity index (χ1v) is 10.1. The summed E-state index contributed by atoms with van der Waals surface area (Å²) in [6, 6.07) is 3.77. The van der Waals surface area contributed by atoms with Crippen molar-refractivity contribution in [2.24, 2.45) is 0 Å². The van der Waals surface area contributed by atoms with Crippen LogP contribution in [0.5, 0.6) is 0 Å². The standard InChI is InChI=1S/C20H27N3O5S/c1-7-27-20(26)16-13(3)17(19(25)22(4)5)29-18(16)21-15(24)11-23(6)10-14-9-8-12(2)28-14/h8-9H,7,10-11H2,1-6H3,(H,21,24)/p+1. The molecule has 0 aliphatic heterocycles. The van der Waals surface area contributed by atoms with Gasteiger partial charge in [0.05, 0.1) is 24.1 Å². The second-order valence-corrected chi connectivity index (χ2v) is 8.07. The molecule has 0 aliphatic rings. The highest BCUT2D eigenvalue weighted by Crippen LogP contribution is 2.34. The molecule has 0 spiro atoms. The molecule has 0 radical (unpaired) electrons. The predicted molar refractivity (Wildman–Crippen MR) is 111 cm³/mol. The first-order chi connectivity index (χ1) is 13.6. The molecule has 1 atom stereocenters. The summed E-state index contributed by atoms with van der Waals surface area (Å²) < 4.78 is 10.7. The second kappa shape index (κ2) is 9.71. The smallest absolute Gasteiger partial charge is 0.341 e. The summed E-state index contributed by atoms with van der Waals surface area (Å²) in [6.45, 7) is 6.20. The summed E-state index contributed by atoms with van der Waals surface area (Å²) >= 11 is 1.09. The molecule has 8 nitrogen and oxygen atoms in total. The summed E-state index contributed by atoms with van der Waals surface area (Å²) in [4.78, 5) is 40.2. The van der Waals surface area contributed by atoms with Crippen molar-refractivity contribution in [1.29, 1.82) is 0 Å². The van der Waals surface area contributed by atoms with Crippen molar-refractivity contribution in [2.75, 3.05) is 39.6 Å². The molecule has 2 aromatic heterocycles. The van der Waals surface area contributed by atoms with Crippen molar-refractivity contribution >= 4 is 34.1 Å². The number of hydrogen-bond acceptors (Lipinski definition) is 6. The summed E-state index contributed by atoms with van der Waals surface area (Å²) in [7, 11) is 5.15. The highest BCUT2D eigenvalue weighted by molar-refractivity contribution is 7.18. The molecule has 2 rings (SSSR count). The third kappa shape index (κ3) is 5.68. The van der Waals surface area contributed by atoms with Gasteiger partial charge in [-0.3, -0.25) is 9.59 Å². The lowest BCUT2D eigenvalue weighted by Crippen LogP contribution is -3.08. The number of carbonyl (C=O) groups excluding carboxylic acids is 3. The topological polar surface area (TPSA) is 93.3 Å². The number of quaternary nitrogens is 1. The molecule has 1 unspecified atom stereocenters. The molecule has 0 saturated carbocycles. The molecule has 9 heteroatoms. The number of nitrogens with zero attached hydrogens (tertiary/aromatic N) is 1. The fourth-order valence-electron chi connectivity index (χ4n) is 2.84. The highest BCUT2D eigenvalue weighted by atomic mass is 32.1. The first-order valence-electron chi connectivity index (χ1n) is 9.32. The molecule has 2 N–H and O–H groups in total. The Bertz CT molecular complexity index is 900. The second-order valence-electron chi connectivity index (χ2n) is 7.05. The van der Waals surface area contributed by atoms with Gasteiger partial charge in [-0.15, -0.1) is 11.3 Å². The zero-order chi connectivity index (χ0) is 21.7. The number of anilines is 1. The number of likely N-dealkylation sites (N-methyl/N-ethyl adjacent to an activating group) is 1. The SMILES string of the molecule is CCOC(=O)c1c(NC(=O)C[NH+](C)Cc2ccc(C)o2)sc(C(=O)N(C)C)c1C. The average Bonchev–Trinajstić information content (AvgIpc) is 3.16. The minimum Gasteiger partial charge on any atom is -0.462 e. The monoisotopic (exact) mass is 422 g/mol. The average molecular weight is 423 g/mol. The number of ether oxygens (including phenoxy) is 1. The Morgan fingerprint density at radius 3 is 2.48 bits per heavy atom. The molecular weight excluding hydrogens is 394 g/mol. The van der Waals surface area contributed by atoms with E-state index in [-0.39, 0.29) is 30.5 Å². The largest absolute Gasteiger partial charge is 0.462 e. The van der Waals surface area contributed by atoms with Crippen molar-refractivity contribution in [3.8, 4) is 0 Å². The fourth-order valence-corrected chi connectivity index (χ4v) is 4.08. The normalized spacial score (nSPS) is 11.8. The Morgan fingerprint density at radius 2 is 1.93 bits per heavy atom. The maximum absolute atomic E-state index is 12.6. The van der Waals surface area contributed by atoms with Crippen LogP contribution in [0.15, 0.2) is 16.5 Å². The quantitative estimate of drug-likeness (QED) is 0.629. The minimum atomic E-state index is -0.555. The molecule has 0 aliphatic carbocycles. The number of nitrogens with one attached hydrogen (secondary N) is 2. The van der Waals surface area contributed by atoms with Crippen LogP contribution in [-0.2, 0) is 16.1 Å². The van der Waals surface area contributed by atoms with Gasteiger partial charge in [-0.25, -0.2) is 4.79 Å². The molecule has 2 amide bonds. The molecular formula is C20H28N3O5S+. The maximum Gasteiger partial charge on any atom is 0.341 e. The van der Waals surface area contributed by atoms with Crippen molar-refractivity contribution < 1.29 is 28.4 Å². The van der Waals surface area contributed by atoms with Gasteiger partial charge < -0.3 is 24.3 Å². The van der Waals surface area contributed by atoms with E-state index in [1.165, 1.54) is 4.90 Å². The Balaban J connectivity index is 2.18. The van der Waals surface area contributed by atoms with E-state index in [9.17, 15) is 14.4 Å². The Hall–Kier alpha value is -2.65. The molecule has 158 valence electrons. The van der Waals surface area contributed by atoms with E-state index in [1.807, 2.05) is 26.1 Å². The number of rotatable bonds is 8. The third-order valence-electron chi connectivity index (χ3n) is 4.21. The van der Waals surface area contributed by atoms with Gasteiger partial charge in [0.15, 0.2) is 12.3 Å². The molecule has 29 heavy (non-hydrogen) atoms. The van der Waals surface area contributed by atoms with Crippen LogP contribution in [0.4, 0.5) is 5.00 Å². The van der Waals surface area contributed by atoms with E-state index in [1.54, 1.807) is 27.9 Å². The minimum absolute atomic E-state index is 0.177. The number of hydrogen-bond donors (Lipinski definition) is 2. The summed E-state index contributed by atoms with van der Waals surface area (Å²) in [6.07, 6.45) is 0. The number of esters is 1. The number of amides is 2. The summed E-state index contributed by atoms with van der Waals surface area (Å²) in [5, 5.41) is 3.11. The number of thiophene rings is 1. The van der Waals surface area contributed by atoms with E-state index in [4.69, 9.17) is 9.15 Å². The molecule has 0 aromatic carbocycles. The summed E-state index contributed by atoms with van der Waals surface area (Å²) in [5.74, 6) is 0.575. The van der Waals surface area contributed by atoms with Gasteiger partial charge in [-0.1, -0.05) is 0 Å². The van der Waals surface area contributed by atoms with Crippen LogP contribution in [0.2, 0.25) is 0 Å². The molecule has 2 heterocycles. The van der Waals surface area contributed by atoms with E-state index in [0.717, 1.165) is 27.8 Å². The van der Waals surface area contributed by atoms with E-state index >= 15 is 0 Å². The molecule has 0 bridgehead atoms. The molecule has 2 aromatic rings.